The Morgan fingerprint density at radius 3 is 2.79 bits per heavy atom. The van der Waals surface area contributed by atoms with E-state index < -0.39 is 11.7 Å². The van der Waals surface area contributed by atoms with Gasteiger partial charge in [0.25, 0.3) is 0 Å². The highest BCUT2D eigenvalue weighted by molar-refractivity contribution is 5.82. The summed E-state index contributed by atoms with van der Waals surface area (Å²) in [6.45, 7) is 7.79. The second-order valence-corrected chi connectivity index (χ2v) is 6.57. The predicted octanol–water partition coefficient (Wildman–Crippen LogP) is 2.24. The summed E-state index contributed by atoms with van der Waals surface area (Å²) in [5.41, 5.74) is -0.855. The zero-order chi connectivity index (χ0) is 14.3. The number of carbonyl (C=O) groups is 2. The number of ether oxygens (including phenoxy) is 2. The van der Waals surface area contributed by atoms with Gasteiger partial charge in [-0.25, -0.2) is 4.79 Å². The molecule has 1 amide bonds. The summed E-state index contributed by atoms with van der Waals surface area (Å²) in [5, 5.41) is 2.83. The molecule has 1 saturated heterocycles. The number of esters is 1. The Labute approximate surface area is 114 Å². The molecule has 5 heteroatoms. The Kier molecular flexibility index (Phi) is 3.49. The van der Waals surface area contributed by atoms with E-state index in [0.29, 0.717) is 0 Å². The van der Waals surface area contributed by atoms with Crippen molar-refractivity contribution in [3.05, 3.63) is 0 Å². The lowest BCUT2D eigenvalue weighted by Gasteiger charge is -2.29. The molecule has 5 nitrogen and oxygen atoms in total. The van der Waals surface area contributed by atoms with Gasteiger partial charge in [0.2, 0.25) is 0 Å². The lowest BCUT2D eigenvalue weighted by atomic mass is 9.93. The summed E-state index contributed by atoms with van der Waals surface area (Å²) in [6, 6.07) is -0.112. The number of carbonyl (C=O) groups excluding carboxylic acids is 2. The van der Waals surface area contributed by atoms with Crippen LogP contribution in [0.25, 0.3) is 0 Å². The maximum Gasteiger partial charge on any atom is 0.408 e. The van der Waals surface area contributed by atoms with Crippen LogP contribution < -0.4 is 5.32 Å². The third-order valence-corrected chi connectivity index (χ3v) is 3.82. The van der Waals surface area contributed by atoms with E-state index in [9.17, 15) is 9.59 Å². The van der Waals surface area contributed by atoms with Crippen LogP contribution in [0.5, 0.6) is 0 Å². The highest BCUT2D eigenvalue weighted by Gasteiger charge is 2.65. The van der Waals surface area contributed by atoms with E-state index in [4.69, 9.17) is 9.47 Å². The number of rotatable bonds is 3. The van der Waals surface area contributed by atoms with Crippen LogP contribution >= 0.6 is 0 Å². The van der Waals surface area contributed by atoms with E-state index in [-0.39, 0.29) is 30.0 Å². The van der Waals surface area contributed by atoms with E-state index in [2.05, 4.69) is 12.2 Å². The molecule has 19 heavy (non-hydrogen) atoms. The highest BCUT2D eigenvalue weighted by Crippen LogP contribution is 2.60. The lowest BCUT2D eigenvalue weighted by Crippen LogP contribution is -2.48. The summed E-state index contributed by atoms with van der Waals surface area (Å²) in [5.74, 6) is 0.114. The predicted molar refractivity (Wildman–Crippen MR) is 69.6 cm³/mol. The molecule has 0 bridgehead atoms. The first kappa shape index (κ1) is 14.2. The molecule has 1 saturated carbocycles. The standard InChI is InChI=1S/C14H23NO4/c1-5-6-14-7-9(14)10(8-18-11(14)16)15-12(17)19-13(2,3)4/h9-10H,5-8H2,1-4H3,(H,15,17)/t9-,10+,14-/m0/s1. The van der Waals surface area contributed by atoms with Crippen LogP contribution in [-0.4, -0.2) is 30.3 Å². The van der Waals surface area contributed by atoms with E-state index in [1.165, 1.54) is 0 Å². The second-order valence-electron chi connectivity index (χ2n) is 6.57. The molecule has 0 aromatic rings. The number of hydrogen-bond acceptors (Lipinski definition) is 4. The number of nitrogens with one attached hydrogen (secondary N) is 1. The summed E-state index contributed by atoms with van der Waals surface area (Å²) >= 11 is 0. The molecule has 0 unspecified atom stereocenters. The minimum Gasteiger partial charge on any atom is -0.463 e. The Bertz CT molecular complexity index is 387. The second kappa shape index (κ2) is 4.69. The lowest BCUT2D eigenvalue weighted by molar-refractivity contribution is -0.156. The highest BCUT2D eigenvalue weighted by atomic mass is 16.6. The molecule has 1 N–H and O–H groups in total. The van der Waals surface area contributed by atoms with Gasteiger partial charge in [0, 0.05) is 0 Å². The van der Waals surface area contributed by atoms with E-state index in [1.807, 2.05) is 20.8 Å². The molecule has 2 fully saturated rings. The summed E-state index contributed by atoms with van der Waals surface area (Å²) < 4.78 is 10.5. The topological polar surface area (TPSA) is 64.6 Å². The number of fused-ring (bicyclic) bond motifs is 1. The van der Waals surface area contributed by atoms with Crippen LogP contribution in [0, 0.1) is 11.3 Å². The van der Waals surface area contributed by atoms with Gasteiger partial charge in [-0.3, -0.25) is 4.79 Å². The number of hydrogen-bond donors (Lipinski definition) is 1. The maximum atomic E-state index is 11.8. The molecule has 1 heterocycles. The van der Waals surface area contributed by atoms with Crippen molar-refractivity contribution in [2.24, 2.45) is 11.3 Å². The molecule has 0 aromatic carbocycles. The SMILES string of the molecule is CCC[C@]12C[C@H]1[C@H](NC(=O)OC(C)(C)C)COC2=O. The largest absolute Gasteiger partial charge is 0.463 e. The molecule has 3 atom stereocenters. The molecule has 1 aliphatic carbocycles. The number of cyclic esters (lactones) is 1. The van der Waals surface area contributed by atoms with Gasteiger partial charge in [0.15, 0.2) is 0 Å². The first-order valence-electron chi connectivity index (χ1n) is 6.95. The fraction of sp³-hybridized carbons (Fsp3) is 0.857. The maximum absolute atomic E-state index is 11.8. The molecular formula is C14H23NO4. The number of alkyl carbamates (subject to hydrolysis) is 1. The van der Waals surface area contributed by atoms with Crippen molar-refractivity contribution in [3.63, 3.8) is 0 Å². The average molecular weight is 269 g/mol. The average Bonchev–Trinajstić information content (AvgIpc) is 2.97. The fourth-order valence-corrected chi connectivity index (χ4v) is 2.96. The van der Waals surface area contributed by atoms with Crippen molar-refractivity contribution in [2.45, 2.75) is 58.6 Å². The van der Waals surface area contributed by atoms with Crippen LogP contribution in [0.2, 0.25) is 0 Å². The van der Waals surface area contributed by atoms with Crippen LogP contribution in [0.3, 0.4) is 0 Å². The van der Waals surface area contributed by atoms with Gasteiger partial charge in [-0.15, -0.1) is 0 Å². The van der Waals surface area contributed by atoms with Crippen molar-refractivity contribution in [2.75, 3.05) is 6.61 Å². The van der Waals surface area contributed by atoms with Gasteiger partial charge in [-0.05, 0) is 39.5 Å². The molecule has 0 spiro atoms. The monoisotopic (exact) mass is 269 g/mol. The zero-order valence-electron chi connectivity index (χ0n) is 12.1. The van der Waals surface area contributed by atoms with Crippen molar-refractivity contribution in [1.29, 1.82) is 0 Å². The Balaban J connectivity index is 1.93. The van der Waals surface area contributed by atoms with E-state index in [0.717, 1.165) is 19.3 Å². The van der Waals surface area contributed by atoms with E-state index >= 15 is 0 Å². The van der Waals surface area contributed by atoms with Crippen LogP contribution in [0.15, 0.2) is 0 Å². The summed E-state index contributed by atoms with van der Waals surface area (Å²) in [6.07, 6.45) is 2.17. The van der Waals surface area contributed by atoms with Gasteiger partial charge >= 0.3 is 12.1 Å². The van der Waals surface area contributed by atoms with Gasteiger partial charge in [-0.2, -0.15) is 0 Å². The Hall–Kier alpha value is -1.26. The minimum atomic E-state index is -0.514. The van der Waals surface area contributed by atoms with Crippen LogP contribution in [0.4, 0.5) is 4.79 Å². The molecule has 0 radical (unpaired) electrons. The van der Waals surface area contributed by atoms with Crippen molar-refractivity contribution in [3.8, 4) is 0 Å². The van der Waals surface area contributed by atoms with Gasteiger partial charge < -0.3 is 14.8 Å². The van der Waals surface area contributed by atoms with Crippen molar-refractivity contribution >= 4 is 12.1 Å². The first-order chi connectivity index (χ1) is 8.78. The normalized spacial score (nSPS) is 33.2. The summed E-state index contributed by atoms with van der Waals surface area (Å²) in [7, 11) is 0. The molecule has 2 rings (SSSR count). The third-order valence-electron chi connectivity index (χ3n) is 3.82. The van der Waals surface area contributed by atoms with Gasteiger partial charge in [0.05, 0.1) is 11.5 Å². The molecule has 0 aromatic heterocycles. The third kappa shape index (κ3) is 2.85. The molecule has 1 aliphatic heterocycles. The molecule has 108 valence electrons. The quantitative estimate of drug-likeness (QED) is 0.798. The van der Waals surface area contributed by atoms with Gasteiger partial charge in [-0.1, -0.05) is 13.3 Å². The molecule has 2 aliphatic rings. The Morgan fingerprint density at radius 1 is 1.53 bits per heavy atom. The van der Waals surface area contributed by atoms with Crippen LogP contribution in [0.1, 0.15) is 47.0 Å². The minimum absolute atomic E-state index is 0.0958. The first-order valence-corrected chi connectivity index (χ1v) is 6.95. The van der Waals surface area contributed by atoms with Crippen molar-refractivity contribution in [1.82, 2.24) is 5.32 Å². The Morgan fingerprint density at radius 2 is 2.21 bits per heavy atom. The van der Waals surface area contributed by atoms with Crippen LogP contribution in [-0.2, 0) is 14.3 Å². The summed E-state index contributed by atoms with van der Waals surface area (Å²) in [4.78, 5) is 23.6. The smallest absolute Gasteiger partial charge is 0.408 e. The van der Waals surface area contributed by atoms with Crippen molar-refractivity contribution < 1.29 is 19.1 Å². The number of amides is 1. The molecular weight excluding hydrogens is 246 g/mol. The van der Waals surface area contributed by atoms with E-state index in [1.54, 1.807) is 0 Å². The van der Waals surface area contributed by atoms with Gasteiger partial charge in [0.1, 0.15) is 12.2 Å². The fourth-order valence-electron chi connectivity index (χ4n) is 2.96. The zero-order valence-corrected chi connectivity index (χ0v) is 12.1.